The van der Waals surface area contributed by atoms with E-state index < -0.39 is 27.9 Å². The van der Waals surface area contributed by atoms with Crippen LogP contribution in [-0.2, 0) is 19.6 Å². The average molecular weight is 468 g/mol. The second-order valence-electron chi connectivity index (χ2n) is 7.38. The van der Waals surface area contributed by atoms with Gasteiger partial charge in [-0.2, -0.15) is 5.10 Å². The van der Waals surface area contributed by atoms with Crippen LogP contribution in [0.2, 0.25) is 0 Å². The quantitative estimate of drug-likeness (QED) is 0.520. The maximum absolute atomic E-state index is 12.9. The number of amides is 1. The molecule has 1 atom stereocenters. The summed E-state index contributed by atoms with van der Waals surface area (Å²) < 4.78 is 33.8. The molecule has 170 valence electrons. The number of nitrogens with zero attached hydrogens (tertiary/aromatic N) is 2. The molecule has 0 saturated carbocycles. The molecule has 4 rings (SSSR count). The topological polar surface area (TPSA) is 129 Å². The summed E-state index contributed by atoms with van der Waals surface area (Å²) in [6.45, 7) is 0. The summed E-state index contributed by atoms with van der Waals surface area (Å²) in [5, 5.41) is 14.6. The Kier molecular flexibility index (Phi) is 6.27. The van der Waals surface area contributed by atoms with Gasteiger partial charge in [-0.3, -0.25) is 14.3 Å². The predicted octanol–water partition coefficient (Wildman–Crippen LogP) is 3.62. The summed E-state index contributed by atoms with van der Waals surface area (Å²) in [4.78, 5) is 23.8. The fourth-order valence-corrected chi connectivity index (χ4v) is 4.66. The Hall–Kier alpha value is -3.92. The van der Waals surface area contributed by atoms with Gasteiger partial charge in [0.25, 0.3) is 10.0 Å². The summed E-state index contributed by atoms with van der Waals surface area (Å²) in [5.74, 6) is -1.04. The summed E-state index contributed by atoms with van der Waals surface area (Å²) in [5.41, 5.74) is 1.31. The second-order valence-corrected chi connectivity index (χ2v) is 9.06. The van der Waals surface area contributed by atoms with E-state index in [1.165, 1.54) is 23.4 Å². The highest BCUT2D eigenvalue weighted by molar-refractivity contribution is 7.92. The fraction of sp³-hybridized carbons (Fsp3) is 0.174. The number of nitrogens with one attached hydrogen (secondary N) is 1. The first-order chi connectivity index (χ1) is 15.8. The molecule has 9 nitrogen and oxygen atoms in total. The Bertz CT molecular complexity index is 1290. The highest BCUT2D eigenvalue weighted by Crippen LogP contribution is 2.35. The van der Waals surface area contributed by atoms with E-state index in [-0.39, 0.29) is 24.2 Å². The van der Waals surface area contributed by atoms with Crippen molar-refractivity contribution in [3.8, 4) is 0 Å². The zero-order valence-electron chi connectivity index (χ0n) is 17.4. The van der Waals surface area contributed by atoms with E-state index in [0.717, 1.165) is 0 Å². The molecule has 1 aromatic heterocycles. The number of carboxylic acid groups (broad SMARTS) is 1. The van der Waals surface area contributed by atoms with E-state index in [9.17, 15) is 18.0 Å². The lowest BCUT2D eigenvalue weighted by molar-refractivity contribution is -0.141. The minimum absolute atomic E-state index is 0.118. The zero-order chi connectivity index (χ0) is 23.4. The van der Waals surface area contributed by atoms with Crippen molar-refractivity contribution in [3.63, 3.8) is 0 Å². The number of hydrogen-bond acceptors (Lipinski definition) is 6. The van der Waals surface area contributed by atoms with E-state index in [1.807, 2.05) is 0 Å². The van der Waals surface area contributed by atoms with E-state index in [0.29, 0.717) is 22.7 Å². The Morgan fingerprint density at radius 3 is 2.45 bits per heavy atom. The van der Waals surface area contributed by atoms with Gasteiger partial charge in [0.1, 0.15) is 11.8 Å². The molecule has 2 N–H and O–H groups in total. The van der Waals surface area contributed by atoms with Gasteiger partial charge in [0.15, 0.2) is 0 Å². The number of hydrazone groups is 1. The standard InChI is InChI=1S/C23H21N3O6S/c27-22(12-13-23(28)29)26-20(21-11-6-14-32-21)15-19(24-26)17-9-4-5-10-18(17)25-33(30,31)16-7-2-1-3-8-16/h1-11,14,20,25H,12-13,15H2,(H,28,29)/t20-/m1/s1. The van der Waals surface area contributed by atoms with Gasteiger partial charge in [0, 0.05) is 18.4 Å². The molecule has 2 aromatic carbocycles. The first-order valence-corrected chi connectivity index (χ1v) is 11.7. The molecular weight excluding hydrogens is 446 g/mol. The van der Waals surface area contributed by atoms with Gasteiger partial charge in [0.2, 0.25) is 5.91 Å². The van der Waals surface area contributed by atoms with Crippen LogP contribution < -0.4 is 4.72 Å². The van der Waals surface area contributed by atoms with Crippen LogP contribution in [0.25, 0.3) is 0 Å². The maximum atomic E-state index is 12.9. The maximum Gasteiger partial charge on any atom is 0.303 e. The van der Waals surface area contributed by atoms with Crippen LogP contribution in [0.1, 0.15) is 36.6 Å². The molecule has 3 aromatic rings. The van der Waals surface area contributed by atoms with Crippen molar-refractivity contribution in [2.24, 2.45) is 5.10 Å². The molecule has 33 heavy (non-hydrogen) atoms. The number of rotatable bonds is 8. The molecule has 0 spiro atoms. The van der Waals surface area contributed by atoms with Gasteiger partial charge in [-0.25, -0.2) is 13.4 Å². The summed E-state index contributed by atoms with van der Waals surface area (Å²) in [7, 11) is -3.84. The van der Waals surface area contributed by atoms with Crippen molar-refractivity contribution in [2.75, 3.05) is 4.72 Å². The zero-order valence-corrected chi connectivity index (χ0v) is 18.2. The number of anilines is 1. The first kappa shape index (κ1) is 22.3. The number of benzene rings is 2. The summed E-state index contributed by atoms with van der Waals surface area (Å²) in [6, 6.07) is 17.6. The Morgan fingerprint density at radius 2 is 1.76 bits per heavy atom. The van der Waals surface area contributed by atoms with Crippen molar-refractivity contribution < 1.29 is 27.5 Å². The molecule has 0 unspecified atom stereocenters. The number of para-hydroxylation sites is 1. The smallest absolute Gasteiger partial charge is 0.303 e. The number of aliphatic carboxylic acids is 1. The highest BCUT2D eigenvalue weighted by atomic mass is 32.2. The monoisotopic (exact) mass is 467 g/mol. The van der Waals surface area contributed by atoms with E-state index >= 15 is 0 Å². The molecule has 1 aliphatic heterocycles. The van der Waals surface area contributed by atoms with Crippen LogP contribution >= 0.6 is 0 Å². The summed E-state index contributed by atoms with van der Waals surface area (Å²) >= 11 is 0. The van der Waals surface area contributed by atoms with Gasteiger partial charge in [-0.1, -0.05) is 36.4 Å². The molecule has 0 saturated heterocycles. The van der Waals surface area contributed by atoms with E-state index in [2.05, 4.69) is 9.82 Å². The normalized spacial score (nSPS) is 15.8. The third-order valence-electron chi connectivity index (χ3n) is 5.13. The number of hydrogen-bond donors (Lipinski definition) is 2. The molecule has 0 bridgehead atoms. The first-order valence-electron chi connectivity index (χ1n) is 10.2. The highest BCUT2D eigenvalue weighted by Gasteiger charge is 2.35. The van der Waals surface area contributed by atoms with Gasteiger partial charge in [-0.15, -0.1) is 0 Å². The number of carbonyl (C=O) groups is 2. The molecule has 2 heterocycles. The van der Waals surface area contributed by atoms with Crippen LogP contribution in [0.15, 0.2) is 87.4 Å². The van der Waals surface area contributed by atoms with Crippen LogP contribution in [0.5, 0.6) is 0 Å². The molecule has 1 aliphatic rings. The Balaban J connectivity index is 1.66. The molecule has 1 amide bonds. The molecular formula is C23H21N3O6S. The van der Waals surface area contributed by atoms with Crippen molar-refractivity contribution in [2.45, 2.75) is 30.2 Å². The van der Waals surface area contributed by atoms with E-state index in [4.69, 9.17) is 9.52 Å². The van der Waals surface area contributed by atoms with Crippen molar-refractivity contribution in [1.29, 1.82) is 0 Å². The molecule has 0 radical (unpaired) electrons. The van der Waals surface area contributed by atoms with Crippen molar-refractivity contribution in [1.82, 2.24) is 5.01 Å². The van der Waals surface area contributed by atoms with Crippen LogP contribution in [0, 0.1) is 0 Å². The van der Waals surface area contributed by atoms with Crippen LogP contribution in [0.3, 0.4) is 0 Å². The fourth-order valence-electron chi connectivity index (χ4n) is 3.56. The molecule has 10 heteroatoms. The van der Waals surface area contributed by atoms with Gasteiger partial charge in [0.05, 0.1) is 29.0 Å². The predicted molar refractivity (Wildman–Crippen MR) is 120 cm³/mol. The Labute approximate surface area is 190 Å². The third-order valence-corrected chi connectivity index (χ3v) is 6.51. The SMILES string of the molecule is O=C(O)CCC(=O)N1N=C(c2ccccc2NS(=O)(=O)c2ccccc2)C[C@@H]1c1ccco1. The van der Waals surface area contributed by atoms with Crippen molar-refractivity contribution in [3.05, 3.63) is 84.3 Å². The number of furan rings is 1. The number of carbonyl (C=O) groups excluding carboxylic acids is 1. The largest absolute Gasteiger partial charge is 0.481 e. The minimum Gasteiger partial charge on any atom is -0.481 e. The number of sulfonamides is 1. The van der Waals surface area contributed by atoms with E-state index in [1.54, 1.807) is 54.6 Å². The van der Waals surface area contributed by atoms with Gasteiger partial charge >= 0.3 is 5.97 Å². The average Bonchev–Trinajstić information content (AvgIpc) is 3.48. The molecule has 0 fully saturated rings. The third kappa shape index (κ3) is 4.96. The lowest BCUT2D eigenvalue weighted by Crippen LogP contribution is -2.27. The van der Waals surface area contributed by atoms with Crippen molar-refractivity contribution >= 4 is 33.3 Å². The minimum atomic E-state index is -3.84. The van der Waals surface area contributed by atoms with Crippen LogP contribution in [0.4, 0.5) is 5.69 Å². The van der Waals surface area contributed by atoms with Crippen LogP contribution in [-0.4, -0.2) is 36.1 Å². The summed E-state index contributed by atoms with van der Waals surface area (Å²) in [6.07, 6.45) is 1.22. The lowest BCUT2D eigenvalue weighted by Gasteiger charge is -2.19. The van der Waals surface area contributed by atoms with Gasteiger partial charge < -0.3 is 9.52 Å². The Morgan fingerprint density at radius 1 is 1.03 bits per heavy atom. The molecule has 0 aliphatic carbocycles. The second kappa shape index (κ2) is 9.29. The van der Waals surface area contributed by atoms with Gasteiger partial charge in [-0.05, 0) is 30.3 Å². The number of carboxylic acids is 1. The lowest BCUT2D eigenvalue weighted by atomic mass is 10.0.